The maximum absolute atomic E-state index is 14.0. The number of methoxy groups -OCH3 is 1. The van der Waals surface area contributed by atoms with Gasteiger partial charge in [0, 0.05) is 5.56 Å². The van der Waals surface area contributed by atoms with E-state index >= 15 is 0 Å². The van der Waals surface area contributed by atoms with Crippen LogP contribution in [0.3, 0.4) is 0 Å². The molecular weight excluding hydrogens is 389 g/mol. The molecule has 7 heteroatoms. The Labute approximate surface area is 171 Å². The summed E-state index contributed by atoms with van der Waals surface area (Å²) in [5.74, 6) is -1.46. The van der Waals surface area contributed by atoms with E-state index in [0.29, 0.717) is 22.6 Å². The summed E-state index contributed by atoms with van der Waals surface area (Å²) in [6, 6.07) is 14.4. The van der Waals surface area contributed by atoms with E-state index in [1.165, 1.54) is 36.5 Å². The Morgan fingerprint density at radius 2 is 1.90 bits per heavy atom. The van der Waals surface area contributed by atoms with Crippen LogP contribution in [0, 0.1) is 5.82 Å². The van der Waals surface area contributed by atoms with E-state index in [4.69, 9.17) is 9.15 Å². The summed E-state index contributed by atoms with van der Waals surface area (Å²) < 4.78 is 24.4. The lowest BCUT2D eigenvalue weighted by molar-refractivity contribution is -0.140. The van der Waals surface area contributed by atoms with Crippen molar-refractivity contribution >= 4 is 17.4 Å². The number of carbonyl (C=O) groups is 2. The standard InChI is InChI=1S/C23H18FNO5/c1-29-17-9-7-14(8-10-17)21(26)19-20(15-4-2-5-16(24)12-15)25(23(28)22(19)27)13-18-6-3-11-30-18/h2-12,20,26H,13H2,1H3/b21-19+. The van der Waals surface area contributed by atoms with Gasteiger partial charge < -0.3 is 19.2 Å². The predicted molar refractivity (Wildman–Crippen MR) is 106 cm³/mol. The van der Waals surface area contributed by atoms with Gasteiger partial charge in [-0.05, 0) is 54.1 Å². The van der Waals surface area contributed by atoms with E-state index < -0.39 is 23.5 Å². The molecule has 0 aliphatic carbocycles. The van der Waals surface area contributed by atoms with Crippen molar-refractivity contribution in [1.29, 1.82) is 0 Å². The van der Waals surface area contributed by atoms with Gasteiger partial charge in [0.05, 0.1) is 31.5 Å². The fourth-order valence-corrected chi connectivity index (χ4v) is 3.54. The van der Waals surface area contributed by atoms with Gasteiger partial charge in [0.15, 0.2) is 0 Å². The van der Waals surface area contributed by atoms with Crippen LogP contribution in [-0.2, 0) is 16.1 Å². The summed E-state index contributed by atoms with van der Waals surface area (Å²) in [5, 5.41) is 10.9. The Kier molecular flexibility index (Phi) is 5.10. The summed E-state index contributed by atoms with van der Waals surface area (Å²) >= 11 is 0. The van der Waals surface area contributed by atoms with Crippen LogP contribution in [-0.4, -0.2) is 28.8 Å². The van der Waals surface area contributed by atoms with Crippen molar-refractivity contribution in [1.82, 2.24) is 4.90 Å². The number of halogens is 1. The zero-order chi connectivity index (χ0) is 21.3. The molecule has 0 radical (unpaired) electrons. The molecule has 0 bridgehead atoms. The van der Waals surface area contributed by atoms with E-state index in [2.05, 4.69) is 0 Å². The van der Waals surface area contributed by atoms with Gasteiger partial charge in [0.25, 0.3) is 11.7 Å². The third-order valence-corrected chi connectivity index (χ3v) is 4.97. The monoisotopic (exact) mass is 407 g/mol. The quantitative estimate of drug-likeness (QED) is 0.392. The summed E-state index contributed by atoms with van der Waals surface area (Å²) in [4.78, 5) is 27.0. The number of aliphatic hydroxyl groups is 1. The molecule has 1 unspecified atom stereocenters. The van der Waals surface area contributed by atoms with Gasteiger partial charge in [-0.15, -0.1) is 0 Å². The Bertz CT molecular complexity index is 1120. The Morgan fingerprint density at radius 3 is 2.53 bits per heavy atom. The number of rotatable bonds is 5. The first-order chi connectivity index (χ1) is 14.5. The second-order valence-electron chi connectivity index (χ2n) is 6.79. The van der Waals surface area contributed by atoms with Crippen molar-refractivity contribution in [2.75, 3.05) is 7.11 Å². The van der Waals surface area contributed by atoms with Crippen LogP contribution in [0.4, 0.5) is 4.39 Å². The van der Waals surface area contributed by atoms with Gasteiger partial charge in [-0.25, -0.2) is 4.39 Å². The molecule has 1 aliphatic rings. The Hall–Kier alpha value is -3.87. The zero-order valence-electron chi connectivity index (χ0n) is 16.0. The van der Waals surface area contributed by atoms with Crippen molar-refractivity contribution in [2.24, 2.45) is 0 Å². The van der Waals surface area contributed by atoms with E-state index in [1.54, 1.807) is 42.5 Å². The number of amides is 1. The number of ketones is 1. The molecule has 1 aromatic heterocycles. The first kappa shape index (κ1) is 19.4. The smallest absolute Gasteiger partial charge is 0.296 e. The molecule has 3 aromatic rings. The maximum Gasteiger partial charge on any atom is 0.296 e. The third-order valence-electron chi connectivity index (χ3n) is 4.97. The van der Waals surface area contributed by atoms with E-state index in [0.717, 1.165) is 0 Å². The molecule has 1 atom stereocenters. The van der Waals surface area contributed by atoms with Crippen LogP contribution in [0.1, 0.15) is 22.9 Å². The number of hydrogen-bond acceptors (Lipinski definition) is 5. The molecule has 1 fully saturated rings. The molecule has 2 heterocycles. The van der Waals surface area contributed by atoms with Gasteiger partial charge in [-0.2, -0.15) is 0 Å². The molecule has 6 nitrogen and oxygen atoms in total. The molecular formula is C23H18FNO5. The average molecular weight is 407 g/mol. The number of ether oxygens (including phenoxy) is 1. The fraction of sp³-hybridized carbons (Fsp3) is 0.130. The van der Waals surface area contributed by atoms with Crippen LogP contribution in [0.15, 0.2) is 76.9 Å². The lowest BCUT2D eigenvalue weighted by Gasteiger charge is -2.24. The van der Waals surface area contributed by atoms with Gasteiger partial charge in [0.1, 0.15) is 23.1 Å². The maximum atomic E-state index is 14.0. The number of hydrogen-bond donors (Lipinski definition) is 1. The second kappa shape index (κ2) is 7.87. The zero-order valence-corrected chi connectivity index (χ0v) is 16.0. The summed E-state index contributed by atoms with van der Waals surface area (Å²) in [5.41, 5.74) is 0.603. The summed E-state index contributed by atoms with van der Waals surface area (Å²) in [6.07, 6.45) is 1.46. The minimum absolute atomic E-state index is 0.00184. The van der Waals surface area contributed by atoms with E-state index in [-0.39, 0.29) is 17.9 Å². The number of Topliss-reactive ketones (excluding diaryl/α,β-unsaturated/α-hetero) is 1. The highest BCUT2D eigenvalue weighted by Crippen LogP contribution is 2.40. The van der Waals surface area contributed by atoms with Crippen molar-refractivity contribution in [3.05, 3.63) is 95.2 Å². The molecule has 2 aromatic carbocycles. The average Bonchev–Trinajstić information content (AvgIpc) is 3.36. The molecule has 1 N–H and O–H groups in total. The summed E-state index contributed by atoms with van der Waals surface area (Å²) in [7, 11) is 1.51. The van der Waals surface area contributed by atoms with Crippen LogP contribution in [0.5, 0.6) is 5.75 Å². The van der Waals surface area contributed by atoms with Gasteiger partial charge in [-0.3, -0.25) is 9.59 Å². The topological polar surface area (TPSA) is 80.0 Å². The lowest BCUT2D eigenvalue weighted by atomic mass is 9.95. The number of nitrogens with zero attached hydrogens (tertiary/aromatic N) is 1. The minimum atomic E-state index is -0.965. The van der Waals surface area contributed by atoms with Crippen molar-refractivity contribution in [2.45, 2.75) is 12.6 Å². The minimum Gasteiger partial charge on any atom is -0.507 e. The number of furan rings is 1. The molecule has 1 saturated heterocycles. The van der Waals surface area contributed by atoms with Crippen LogP contribution >= 0.6 is 0 Å². The molecule has 1 amide bonds. The highest BCUT2D eigenvalue weighted by molar-refractivity contribution is 6.46. The van der Waals surface area contributed by atoms with E-state index in [9.17, 15) is 19.1 Å². The normalized spacial score (nSPS) is 18.1. The van der Waals surface area contributed by atoms with Crippen LogP contribution in [0.2, 0.25) is 0 Å². The highest BCUT2D eigenvalue weighted by Gasteiger charge is 2.46. The molecule has 0 saturated carbocycles. The van der Waals surface area contributed by atoms with Crippen LogP contribution < -0.4 is 4.74 Å². The number of aliphatic hydroxyl groups excluding tert-OH is 1. The second-order valence-corrected chi connectivity index (χ2v) is 6.79. The van der Waals surface area contributed by atoms with Gasteiger partial charge in [0.2, 0.25) is 0 Å². The number of benzene rings is 2. The number of carbonyl (C=O) groups excluding carboxylic acids is 2. The van der Waals surface area contributed by atoms with Crippen molar-refractivity contribution in [3.63, 3.8) is 0 Å². The summed E-state index contributed by atoms with van der Waals surface area (Å²) in [6.45, 7) is -0.00184. The number of likely N-dealkylation sites (tertiary alicyclic amines) is 1. The van der Waals surface area contributed by atoms with Crippen molar-refractivity contribution in [3.8, 4) is 5.75 Å². The first-order valence-electron chi connectivity index (χ1n) is 9.20. The SMILES string of the molecule is COc1ccc(/C(O)=C2\C(=O)C(=O)N(Cc3ccco3)C2c2cccc(F)c2)cc1. The molecule has 1 aliphatic heterocycles. The predicted octanol–water partition coefficient (Wildman–Crippen LogP) is 4.05. The largest absolute Gasteiger partial charge is 0.507 e. The molecule has 152 valence electrons. The van der Waals surface area contributed by atoms with Gasteiger partial charge >= 0.3 is 0 Å². The van der Waals surface area contributed by atoms with Crippen LogP contribution in [0.25, 0.3) is 5.76 Å². The fourth-order valence-electron chi connectivity index (χ4n) is 3.54. The third kappa shape index (κ3) is 3.45. The lowest BCUT2D eigenvalue weighted by Crippen LogP contribution is -2.29. The Balaban J connectivity index is 1.85. The molecule has 0 spiro atoms. The molecule has 4 rings (SSSR count). The molecule has 30 heavy (non-hydrogen) atoms. The highest BCUT2D eigenvalue weighted by atomic mass is 19.1. The first-order valence-corrected chi connectivity index (χ1v) is 9.20. The van der Waals surface area contributed by atoms with E-state index in [1.807, 2.05) is 0 Å². The van der Waals surface area contributed by atoms with Crippen molar-refractivity contribution < 1.29 is 28.2 Å². The Morgan fingerprint density at radius 1 is 1.13 bits per heavy atom. The van der Waals surface area contributed by atoms with Gasteiger partial charge in [-0.1, -0.05) is 12.1 Å².